The molecule has 0 aromatic heterocycles. The van der Waals surface area contributed by atoms with E-state index in [0.29, 0.717) is 30.8 Å². The highest BCUT2D eigenvalue weighted by Crippen LogP contribution is 2.49. The van der Waals surface area contributed by atoms with E-state index < -0.39 is 18.0 Å². The third-order valence-corrected chi connectivity index (χ3v) is 6.20. The van der Waals surface area contributed by atoms with Gasteiger partial charge in [0.2, 0.25) is 0 Å². The van der Waals surface area contributed by atoms with Gasteiger partial charge in [-0.05, 0) is 59.7 Å². The molecule has 0 amide bonds. The van der Waals surface area contributed by atoms with E-state index in [1.54, 1.807) is 16.7 Å². The molecule has 144 valence electrons. The summed E-state index contributed by atoms with van der Waals surface area (Å²) in [4.78, 5) is 2.83. The van der Waals surface area contributed by atoms with E-state index in [9.17, 15) is 18.3 Å². The molecule has 2 N–H and O–H groups in total. The van der Waals surface area contributed by atoms with Gasteiger partial charge in [-0.1, -0.05) is 6.07 Å². The number of aryl methyl sites for hydroxylation is 1. The summed E-state index contributed by atoms with van der Waals surface area (Å²) in [7, 11) is 0. The molecular weight excluding hydrogens is 373 g/mol. The van der Waals surface area contributed by atoms with Crippen molar-refractivity contribution in [1.82, 2.24) is 10.2 Å². The Kier molecular flexibility index (Phi) is 4.74. The van der Waals surface area contributed by atoms with Crippen LogP contribution in [0.5, 0.6) is 0 Å². The normalized spacial score (nSPS) is 22.6. The lowest BCUT2D eigenvalue weighted by atomic mass is 9.91. The molecule has 4 rings (SSSR count). The van der Waals surface area contributed by atoms with E-state index in [2.05, 4.69) is 5.32 Å². The first kappa shape index (κ1) is 18.8. The van der Waals surface area contributed by atoms with Gasteiger partial charge in [-0.15, -0.1) is 11.8 Å². The fourth-order valence-corrected chi connectivity index (χ4v) is 4.68. The fraction of sp³-hybridized carbons (Fsp3) is 0.400. The van der Waals surface area contributed by atoms with Gasteiger partial charge in [0.05, 0.1) is 11.6 Å². The van der Waals surface area contributed by atoms with Crippen LogP contribution in [0.15, 0.2) is 35.2 Å². The van der Waals surface area contributed by atoms with Crippen molar-refractivity contribution in [2.45, 2.75) is 30.3 Å². The topological polar surface area (TPSA) is 35.5 Å². The number of benzene rings is 2. The van der Waals surface area contributed by atoms with Crippen LogP contribution in [-0.2, 0) is 6.18 Å². The summed E-state index contributed by atoms with van der Waals surface area (Å²) < 4.78 is 41.6. The highest BCUT2D eigenvalue weighted by atomic mass is 32.2. The second kappa shape index (κ2) is 6.81. The van der Waals surface area contributed by atoms with Crippen molar-refractivity contribution >= 4 is 11.8 Å². The summed E-state index contributed by atoms with van der Waals surface area (Å²) >= 11 is 1.60. The lowest BCUT2D eigenvalue weighted by molar-refractivity contribution is -0.140. The average molecular weight is 394 g/mol. The molecule has 2 aromatic rings. The molecule has 0 bridgehead atoms. The van der Waals surface area contributed by atoms with Crippen molar-refractivity contribution in [3.05, 3.63) is 52.6 Å². The van der Waals surface area contributed by atoms with Crippen molar-refractivity contribution in [1.29, 1.82) is 0 Å². The Labute approximate surface area is 160 Å². The fourth-order valence-electron chi connectivity index (χ4n) is 4.18. The summed E-state index contributed by atoms with van der Waals surface area (Å²) in [5.74, 6) is 0. The van der Waals surface area contributed by atoms with Gasteiger partial charge in [0.15, 0.2) is 0 Å². The predicted molar refractivity (Wildman–Crippen MR) is 101 cm³/mol. The number of aliphatic hydroxyl groups excluding tert-OH is 1. The third kappa shape index (κ3) is 3.16. The minimum atomic E-state index is -4.52. The van der Waals surface area contributed by atoms with Crippen LogP contribution < -0.4 is 5.32 Å². The molecule has 3 nitrogen and oxygen atoms in total. The van der Waals surface area contributed by atoms with Gasteiger partial charge in [-0.3, -0.25) is 4.90 Å². The number of hydrogen-bond acceptors (Lipinski definition) is 4. The molecule has 7 heteroatoms. The van der Waals surface area contributed by atoms with E-state index >= 15 is 0 Å². The zero-order valence-electron chi connectivity index (χ0n) is 15.1. The smallest absolute Gasteiger partial charge is 0.374 e. The maximum absolute atomic E-state index is 13.9. The molecule has 0 radical (unpaired) electrons. The van der Waals surface area contributed by atoms with E-state index in [1.165, 1.54) is 6.07 Å². The first-order valence-corrected chi connectivity index (χ1v) is 10.1. The number of halogens is 3. The minimum Gasteiger partial charge on any atom is -0.374 e. The molecule has 1 unspecified atom stereocenters. The Balaban J connectivity index is 1.91. The van der Waals surface area contributed by atoms with Crippen LogP contribution in [0.25, 0.3) is 11.1 Å². The number of aliphatic hydroxyl groups is 1. The molecule has 2 aromatic carbocycles. The highest BCUT2D eigenvalue weighted by Gasteiger charge is 2.45. The third-order valence-electron chi connectivity index (χ3n) is 5.48. The first-order valence-electron chi connectivity index (χ1n) is 8.86. The van der Waals surface area contributed by atoms with E-state index in [1.807, 2.05) is 37.4 Å². The van der Waals surface area contributed by atoms with Gasteiger partial charge in [-0.25, -0.2) is 0 Å². The minimum absolute atomic E-state index is 0.0123. The quantitative estimate of drug-likeness (QED) is 0.743. The van der Waals surface area contributed by atoms with Crippen LogP contribution >= 0.6 is 11.8 Å². The van der Waals surface area contributed by atoms with Crippen molar-refractivity contribution < 1.29 is 18.3 Å². The van der Waals surface area contributed by atoms with Crippen LogP contribution in [0.2, 0.25) is 0 Å². The molecule has 2 aliphatic rings. The van der Waals surface area contributed by atoms with E-state index in [0.717, 1.165) is 16.0 Å². The van der Waals surface area contributed by atoms with Gasteiger partial charge < -0.3 is 10.4 Å². The largest absolute Gasteiger partial charge is 0.416 e. The first-order chi connectivity index (χ1) is 12.8. The molecule has 2 heterocycles. The maximum atomic E-state index is 13.9. The number of rotatable bonds is 2. The van der Waals surface area contributed by atoms with Gasteiger partial charge in [-0.2, -0.15) is 13.2 Å². The number of hydrogen-bond donors (Lipinski definition) is 2. The Morgan fingerprint density at radius 2 is 2.00 bits per heavy atom. The lowest BCUT2D eigenvalue weighted by Gasteiger charge is -2.32. The number of thioether (sulfide) groups is 1. The van der Waals surface area contributed by atoms with Crippen LogP contribution in [0.1, 0.15) is 34.5 Å². The molecule has 0 saturated carbocycles. The Bertz CT molecular complexity index is 884. The molecule has 27 heavy (non-hydrogen) atoms. The highest BCUT2D eigenvalue weighted by molar-refractivity contribution is 7.98. The maximum Gasteiger partial charge on any atom is 0.416 e. The molecular formula is C20H21F3N2OS. The summed E-state index contributed by atoms with van der Waals surface area (Å²) in [6, 6.07) is 8.57. The SMILES string of the molecule is CSc1ccc(-c2cc3c(c(C(F)(F)F)c2)C(O)N2CCNC[C@@H]32)c(C)c1. The molecule has 2 atom stereocenters. The number of piperazine rings is 1. The number of nitrogens with one attached hydrogen (secondary N) is 1. The molecule has 0 aliphatic carbocycles. The second-order valence-corrected chi connectivity index (χ2v) is 7.92. The standard InChI is InChI=1S/C20H21F3N2OS/c1-11-7-13(27-2)3-4-14(11)12-8-15-17-10-24-5-6-25(17)19(26)18(15)16(9-12)20(21,22)23/h3-4,7-9,17,19,24,26H,5-6,10H2,1-2H3/t17-,19?/m0/s1. The number of alkyl halides is 3. The van der Waals surface area contributed by atoms with Crippen molar-refractivity contribution in [3.8, 4) is 11.1 Å². The van der Waals surface area contributed by atoms with Crippen molar-refractivity contribution in [2.24, 2.45) is 0 Å². The Morgan fingerprint density at radius 3 is 2.67 bits per heavy atom. The molecule has 1 fully saturated rings. The average Bonchev–Trinajstić information content (AvgIpc) is 2.93. The van der Waals surface area contributed by atoms with Gasteiger partial charge >= 0.3 is 6.18 Å². The van der Waals surface area contributed by atoms with Gasteiger partial charge in [0.1, 0.15) is 6.23 Å². The number of fused-ring (bicyclic) bond motifs is 3. The zero-order chi connectivity index (χ0) is 19.3. The van der Waals surface area contributed by atoms with Crippen molar-refractivity contribution in [2.75, 3.05) is 25.9 Å². The Hall–Kier alpha value is -1.54. The van der Waals surface area contributed by atoms with Gasteiger partial charge in [0.25, 0.3) is 0 Å². The second-order valence-electron chi connectivity index (χ2n) is 7.04. The van der Waals surface area contributed by atoms with Crippen LogP contribution in [0, 0.1) is 6.92 Å². The monoisotopic (exact) mass is 394 g/mol. The summed E-state index contributed by atoms with van der Waals surface area (Å²) in [6.45, 7) is 3.63. The molecule has 2 aliphatic heterocycles. The summed E-state index contributed by atoms with van der Waals surface area (Å²) in [5.41, 5.74) is 2.13. The summed E-state index contributed by atoms with van der Waals surface area (Å²) in [6.07, 6.45) is -3.76. The van der Waals surface area contributed by atoms with Crippen LogP contribution in [-0.4, -0.2) is 35.9 Å². The summed E-state index contributed by atoms with van der Waals surface area (Å²) in [5, 5.41) is 13.8. The Morgan fingerprint density at radius 1 is 1.22 bits per heavy atom. The van der Waals surface area contributed by atoms with Gasteiger partial charge in [0, 0.05) is 30.1 Å². The van der Waals surface area contributed by atoms with E-state index in [4.69, 9.17) is 0 Å². The van der Waals surface area contributed by atoms with Crippen LogP contribution in [0.3, 0.4) is 0 Å². The number of nitrogens with zero attached hydrogens (tertiary/aromatic N) is 1. The van der Waals surface area contributed by atoms with Crippen LogP contribution in [0.4, 0.5) is 13.2 Å². The zero-order valence-corrected chi connectivity index (χ0v) is 15.9. The predicted octanol–water partition coefficient (Wildman–Crippen LogP) is 4.35. The van der Waals surface area contributed by atoms with Crippen molar-refractivity contribution in [3.63, 3.8) is 0 Å². The molecule has 0 spiro atoms. The molecule has 1 saturated heterocycles. The van der Waals surface area contributed by atoms with E-state index in [-0.39, 0.29) is 11.6 Å². The lowest BCUT2D eigenvalue weighted by Crippen LogP contribution is -2.43.